The highest BCUT2D eigenvalue weighted by Crippen LogP contribution is 2.35. The van der Waals surface area contributed by atoms with Crippen LogP contribution in [0, 0.1) is 0 Å². The van der Waals surface area contributed by atoms with Crippen molar-refractivity contribution in [3.8, 4) is 17.1 Å². The van der Waals surface area contributed by atoms with Gasteiger partial charge in [0, 0.05) is 10.6 Å². The molecule has 27 heavy (non-hydrogen) atoms. The maximum atomic E-state index is 13.1. The van der Waals surface area contributed by atoms with Crippen LogP contribution in [-0.4, -0.2) is 0 Å². The molecule has 3 nitrogen and oxygen atoms in total. The zero-order valence-corrected chi connectivity index (χ0v) is 15.6. The van der Waals surface area contributed by atoms with Gasteiger partial charge >= 0.3 is 0 Å². The highest BCUT2D eigenvalue weighted by Gasteiger charge is 2.19. The molecule has 0 aliphatic heterocycles. The van der Waals surface area contributed by atoms with Crippen molar-refractivity contribution in [3.05, 3.63) is 98.6 Å². The Balaban J connectivity index is 1.91. The smallest absolute Gasteiger partial charge is 0.235 e. The normalized spacial score (nSPS) is 10.9. The van der Waals surface area contributed by atoms with Crippen molar-refractivity contribution in [2.45, 2.75) is 6.61 Å². The van der Waals surface area contributed by atoms with Crippen molar-refractivity contribution in [1.29, 1.82) is 0 Å². The number of halogens is 2. The van der Waals surface area contributed by atoms with Crippen LogP contribution < -0.4 is 10.2 Å². The fourth-order valence-electron chi connectivity index (χ4n) is 2.85. The lowest BCUT2D eigenvalue weighted by atomic mass is 10.1. The first kappa shape index (κ1) is 17.7. The first-order chi connectivity index (χ1) is 13.1. The Labute approximate surface area is 165 Å². The summed E-state index contributed by atoms with van der Waals surface area (Å²) in [4.78, 5) is 13.1. The van der Waals surface area contributed by atoms with Crippen LogP contribution in [0.25, 0.3) is 22.3 Å². The molecule has 0 spiro atoms. The molecule has 1 aromatic heterocycles. The van der Waals surface area contributed by atoms with Gasteiger partial charge in [-0.05, 0) is 17.7 Å². The molecule has 0 aliphatic rings. The fourth-order valence-corrected chi connectivity index (χ4v) is 3.38. The van der Waals surface area contributed by atoms with E-state index in [9.17, 15) is 4.79 Å². The van der Waals surface area contributed by atoms with Crippen LogP contribution >= 0.6 is 23.2 Å². The average molecular weight is 397 g/mol. The largest absolute Gasteiger partial charge is 0.481 e. The van der Waals surface area contributed by atoms with Crippen LogP contribution in [0.15, 0.2) is 82.0 Å². The molecule has 0 bridgehead atoms. The molecule has 0 atom stereocenters. The van der Waals surface area contributed by atoms with Crippen molar-refractivity contribution < 1.29 is 9.15 Å². The molecule has 1 heterocycles. The van der Waals surface area contributed by atoms with E-state index in [-0.39, 0.29) is 33.8 Å². The molecule has 0 N–H and O–H groups in total. The van der Waals surface area contributed by atoms with Gasteiger partial charge in [-0.2, -0.15) is 0 Å². The van der Waals surface area contributed by atoms with Crippen LogP contribution in [0.4, 0.5) is 0 Å². The zero-order valence-electron chi connectivity index (χ0n) is 14.1. The average Bonchev–Trinajstić information content (AvgIpc) is 2.69. The monoisotopic (exact) mass is 396 g/mol. The summed E-state index contributed by atoms with van der Waals surface area (Å²) in [5.41, 5.74) is 1.65. The minimum atomic E-state index is -0.310. The van der Waals surface area contributed by atoms with E-state index in [4.69, 9.17) is 32.4 Å². The van der Waals surface area contributed by atoms with Gasteiger partial charge in [0.2, 0.25) is 11.2 Å². The van der Waals surface area contributed by atoms with Crippen LogP contribution in [0.5, 0.6) is 5.75 Å². The Kier molecular flexibility index (Phi) is 4.88. The highest BCUT2D eigenvalue weighted by molar-refractivity contribution is 6.38. The Morgan fingerprint density at radius 1 is 0.889 bits per heavy atom. The van der Waals surface area contributed by atoms with Crippen LogP contribution in [0.1, 0.15) is 5.56 Å². The number of ether oxygens (including phenoxy) is 1. The summed E-state index contributed by atoms with van der Waals surface area (Å²) in [7, 11) is 0. The van der Waals surface area contributed by atoms with E-state index in [1.165, 1.54) is 0 Å². The molecule has 0 amide bonds. The third kappa shape index (κ3) is 3.57. The van der Waals surface area contributed by atoms with Crippen molar-refractivity contribution >= 4 is 34.2 Å². The fraction of sp³-hybridized carbons (Fsp3) is 0.0455. The zero-order chi connectivity index (χ0) is 18.8. The van der Waals surface area contributed by atoms with Crippen molar-refractivity contribution in [2.24, 2.45) is 0 Å². The number of hydrogen-bond acceptors (Lipinski definition) is 3. The molecule has 4 rings (SSSR count). The Hall–Kier alpha value is -2.75. The van der Waals surface area contributed by atoms with E-state index in [1.807, 2.05) is 60.7 Å². The molecular weight excluding hydrogens is 383 g/mol. The standard InChI is InChI=1S/C22H14Cl2O3/c23-16-11-17-19(25)22(26-13-14-7-3-1-4-8-14)20(15-9-5-2-6-10-15)27-21(17)18(24)12-16/h1-12H,13H2. The molecule has 0 unspecified atom stereocenters. The van der Waals surface area contributed by atoms with E-state index in [2.05, 4.69) is 0 Å². The highest BCUT2D eigenvalue weighted by atomic mass is 35.5. The van der Waals surface area contributed by atoms with Gasteiger partial charge in [-0.1, -0.05) is 83.9 Å². The lowest BCUT2D eigenvalue weighted by Crippen LogP contribution is -2.10. The summed E-state index contributed by atoms with van der Waals surface area (Å²) in [6.07, 6.45) is 0. The van der Waals surface area contributed by atoms with Gasteiger partial charge in [0.25, 0.3) is 0 Å². The Bertz CT molecular complexity index is 1150. The molecule has 4 aromatic rings. The van der Waals surface area contributed by atoms with Crippen molar-refractivity contribution in [3.63, 3.8) is 0 Å². The molecule has 0 saturated heterocycles. The quantitative estimate of drug-likeness (QED) is 0.403. The molecule has 3 aromatic carbocycles. The van der Waals surface area contributed by atoms with E-state index < -0.39 is 0 Å². The second kappa shape index (κ2) is 7.47. The Morgan fingerprint density at radius 3 is 2.26 bits per heavy atom. The van der Waals surface area contributed by atoms with Gasteiger partial charge in [0.05, 0.1) is 10.4 Å². The van der Waals surface area contributed by atoms with Gasteiger partial charge in [-0.15, -0.1) is 0 Å². The second-order valence-electron chi connectivity index (χ2n) is 5.99. The third-order valence-corrected chi connectivity index (χ3v) is 4.63. The molecule has 134 valence electrons. The number of hydrogen-bond donors (Lipinski definition) is 0. The topological polar surface area (TPSA) is 39.4 Å². The van der Waals surface area contributed by atoms with Gasteiger partial charge in [0.1, 0.15) is 6.61 Å². The number of benzene rings is 3. The Morgan fingerprint density at radius 2 is 1.56 bits per heavy atom. The minimum absolute atomic E-state index is 0.135. The lowest BCUT2D eigenvalue weighted by molar-refractivity contribution is 0.298. The van der Waals surface area contributed by atoms with Gasteiger partial charge in [-0.25, -0.2) is 0 Å². The molecule has 0 saturated carbocycles. The molecular formula is C22H14Cl2O3. The molecule has 0 radical (unpaired) electrons. The maximum Gasteiger partial charge on any atom is 0.235 e. The van der Waals surface area contributed by atoms with Crippen LogP contribution in [0.2, 0.25) is 10.0 Å². The van der Waals surface area contributed by atoms with E-state index in [1.54, 1.807) is 12.1 Å². The minimum Gasteiger partial charge on any atom is -0.481 e. The second-order valence-corrected chi connectivity index (χ2v) is 6.84. The summed E-state index contributed by atoms with van der Waals surface area (Å²) < 4.78 is 11.9. The number of rotatable bonds is 4. The van der Waals surface area contributed by atoms with Gasteiger partial charge in [0.15, 0.2) is 11.3 Å². The summed E-state index contributed by atoms with van der Waals surface area (Å²) in [6.45, 7) is 0.241. The first-order valence-electron chi connectivity index (χ1n) is 8.31. The van der Waals surface area contributed by atoms with E-state index >= 15 is 0 Å². The predicted molar refractivity (Wildman–Crippen MR) is 109 cm³/mol. The van der Waals surface area contributed by atoms with Crippen LogP contribution in [0.3, 0.4) is 0 Å². The van der Waals surface area contributed by atoms with Crippen molar-refractivity contribution in [2.75, 3.05) is 0 Å². The van der Waals surface area contributed by atoms with Gasteiger partial charge < -0.3 is 9.15 Å². The predicted octanol–water partition coefficient (Wildman–Crippen LogP) is 6.35. The molecule has 0 aliphatic carbocycles. The molecule has 0 fully saturated rings. The maximum absolute atomic E-state index is 13.1. The summed E-state index contributed by atoms with van der Waals surface area (Å²) in [6, 6.07) is 22.0. The number of fused-ring (bicyclic) bond motifs is 1. The lowest BCUT2D eigenvalue weighted by Gasteiger charge is -2.12. The van der Waals surface area contributed by atoms with Crippen LogP contribution in [-0.2, 0) is 6.61 Å². The van der Waals surface area contributed by atoms with E-state index in [0.717, 1.165) is 11.1 Å². The third-order valence-electron chi connectivity index (χ3n) is 4.13. The molecule has 5 heteroatoms. The summed E-state index contributed by atoms with van der Waals surface area (Å²) >= 11 is 12.3. The summed E-state index contributed by atoms with van der Waals surface area (Å²) in [5.74, 6) is 0.476. The summed E-state index contributed by atoms with van der Waals surface area (Å²) in [5, 5.41) is 0.929. The van der Waals surface area contributed by atoms with Crippen molar-refractivity contribution in [1.82, 2.24) is 0 Å². The SMILES string of the molecule is O=c1c(OCc2ccccc2)c(-c2ccccc2)oc2c(Cl)cc(Cl)cc12. The first-order valence-corrected chi connectivity index (χ1v) is 9.07. The van der Waals surface area contributed by atoms with Gasteiger partial charge in [-0.3, -0.25) is 4.79 Å². The van der Waals surface area contributed by atoms with E-state index in [0.29, 0.717) is 10.8 Å².